The fourth-order valence-corrected chi connectivity index (χ4v) is 5.21. The number of piperazine rings is 1. The summed E-state index contributed by atoms with van der Waals surface area (Å²) in [6, 6.07) is 9.72. The average Bonchev–Trinajstić information content (AvgIpc) is 3.19. The third kappa shape index (κ3) is 4.54. The number of nitrogens with zero attached hydrogens (tertiary/aromatic N) is 4. The number of nitrogens with one attached hydrogen (secondary N) is 1. The van der Waals surface area contributed by atoms with Gasteiger partial charge in [-0.3, -0.25) is 25.0 Å². The molecule has 36 heavy (non-hydrogen) atoms. The van der Waals surface area contributed by atoms with E-state index in [1.54, 1.807) is 30.3 Å². The number of nitro groups is 1. The second-order valence-electron chi connectivity index (χ2n) is 8.49. The first-order valence-electron chi connectivity index (χ1n) is 11.4. The van der Waals surface area contributed by atoms with Crippen LogP contribution in [-0.4, -0.2) is 58.7 Å². The Morgan fingerprint density at radius 1 is 1.17 bits per heavy atom. The molecule has 0 aliphatic carbocycles. The minimum absolute atomic E-state index is 0.220. The number of hydrogen-bond donors (Lipinski definition) is 1. The van der Waals surface area contributed by atoms with Gasteiger partial charge in [0.1, 0.15) is 12.0 Å². The number of fused-ring (bicyclic) bond motifs is 1. The Morgan fingerprint density at radius 3 is 2.58 bits per heavy atom. The average molecular weight is 508 g/mol. The van der Waals surface area contributed by atoms with E-state index in [4.69, 9.17) is 0 Å². The number of amides is 2. The van der Waals surface area contributed by atoms with E-state index in [2.05, 4.69) is 22.1 Å². The summed E-state index contributed by atoms with van der Waals surface area (Å²) in [6.07, 6.45) is 2.71. The first-order chi connectivity index (χ1) is 17.3. The fraction of sp³-hybridized carbons (Fsp3) is 0.240. The summed E-state index contributed by atoms with van der Waals surface area (Å²) in [4.78, 5) is 43.5. The molecule has 0 spiro atoms. The van der Waals surface area contributed by atoms with Gasteiger partial charge in [0.25, 0.3) is 16.8 Å². The maximum absolute atomic E-state index is 15.3. The maximum atomic E-state index is 15.3. The van der Waals surface area contributed by atoms with E-state index in [1.165, 1.54) is 18.3 Å². The zero-order valence-electron chi connectivity index (χ0n) is 19.4. The maximum Gasteiger partial charge on any atom is 0.295 e. The molecule has 3 heterocycles. The molecule has 0 bridgehead atoms. The van der Waals surface area contributed by atoms with E-state index in [0.717, 1.165) is 31.4 Å². The van der Waals surface area contributed by atoms with Crippen molar-refractivity contribution < 1.29 is 18.9 Å². The van der Waals surface area contributed by atoms with E-state index in [1.807, 2.05) is 4.90 Å². The number of anilines is 1. The Bertz CT molecular complexity index is 1440. The van der Waals surface area contributed by atoms with Crippen molar-refractivity contribution in [2.24, 2.45) is 0 Å². The van der Waals surface area contributed by atoms with Gasteiger partial charge in [0.15, 0.2) is 0 Å². The molecule has 2 saturated heterocycles. The summed E-state index contributed by atoms with van der Waals surface area (Å²) in [6.45, 7) is 6.14. The quantitative estimate of drug-likeness (QED) is 0.307. The molecule has 0 radical (unpaired) electrons. The molecule has 0 saturated carbocycles. The molecule has 9 nitrogen and oxygen atoms in total. The van der Waals surface area contributed by atoms with Gasteiger partial charge in [-0.05, 0) is 59.8 Å². The van der Waals surface area contributed by atoms with Crippen LogP contribution in [-0.2, 0) is 4.79 Å². The van der Waals surface area contributed by atoms with E-state index in [-0.39, 0.29) is 16.2 Å². The molecule has 0 unspecified atom stereocenters. The normalized spacial score (nSPS) is 17.7. The zero-order chi connectivity index (χ0) is 25.4. The van der Waals surface area contributed by atoms with E-state index in [0.29, 0.717) is 40.8 Å². The zero-order valence-corrected chi connectivity index (χ0v) is 20.2. The number of carbonyl (C=O) groups is 2. The minimum atomic E-state index is -0.540. The van der Waals surface area contributed by atoms with Crippen molar-refractivity contribution in [3.05, 3.63) is 69.0 Å². The molecule has 2 aliphatic rings. The largest absolute Gasteiger partial charge is 0.367 e. The van der Waals surface area contributed by atoms with Crippen LogP contribution in [0.15, 0.2) is 47.5 Å². The first-order valence-corrected chi connectivity index (χ1v) is 12.2. The number of benzene rings is 2. The Balaban J connectivity index is 1.58. The highest BCUT2D eigenvalue weighted by Gasteiger charge is 2.26. The highest BCUT2D eigenvalue weighted by molar-refractivity contribution is 8.18. The summed E-state index contributed by atoms with van der Waals surface area (Å²) in [5.41, 5.74) is 1.86. The van der Waals surface area contributed by atoms with Crippen LogP contribution in [0.4, 0.5) is 20.6 Å². The number of thioether (sulfide) groups is 1. The number of imide groups is 1. The SMILES string of the molecule is CCN1CCN(c2ccc(-c3c([N+](=O)[O-])cnc4ccc(/C=C5\SC(=O)NC5=O)cc34)cc2F)CC1. The second-order valence-corrected chi connectivity index (χ2v) is 9.51. The van der Waals surface area contributed by atoms with Crippen LogP contribution in [0.2, 0.25) is 0 Å². The summed E-state index contributed by atoms with van der Waals surface area (Å²) >= 11 is 0.781. The number of pyridine rings is 1. The van der Waals surface area contributed by atoms with Gasteiger partial charge in [-0.2, -0.15) is 0 Å². The predicted molar refractivity (Wildman–Crippen MR) is 137 cm³/mol. The van der Waals surface area contributed by atoms with Crippen LogP contribution in [0.1, 0.15) is 12.5 Å². The number of halogens is 1. The number of carbonyl (C=O) groups excluding carboxylic acids is 2. The van der Waals surface area contributed by atoms with Gasteiger partial charge in [0, 0.05) is 31.6 Å². The molecule has 2 aliphatic heterocycles. The first kappa shape index (κ1) is 23.9. The summed E-state index contributed by atoms with van der Waals surface area (Å²) in [5, 5.41) is 14.1. The van der Waals surface area contributed by atoms with Gasteiger partial charge >= 0.3 is 0 Å². The highest BCUT2D eigenvalue weighted by Crippen LogP contribution is 2.38. The molecule has 1 N–H and O–H groups in total. The molecule has 5 rings (SSSR count). The van der Waals surface area contributed by atoms with Crippen LogP contribution in [0.25, 0.3) is 28.1 Å². The lowest BCUT2D eigenvalue weighted by atomic mass is 9.97. The van der Waals surface area contributed by atoms with E-state index >= 15 is 4.39 Å². The van der Waals surface area contributed by atoms with Crippen molar-refractivity contribution in [2.75, 3.05) is 37.6 Å². The van der Waals surface area contributed by atoms with Gasteiger partial charge in [-0.15, -0.1) is 0 Å². The Labute approximate surface area is 210 Å². The fourth-order valence-electron chi connectivity index (χ4n) is 4.53. The van der Waals surface area contributed by atoms with Crippen LogP contribution in [0, 0.1) is 15.9 Å². The van der Waals surface area contributed by atoms with E-state index in [9.17, 15) is 19.7 Å². The molecule has 0 atom stereocenters. The molecule has 1 aromatic heterocycles. The standard InChI is InChI=1S/C25H22FN5O4S/c1-2-29-7-9-30(10-8-29)20-6-4-16(13-18(20)26)23-17-11-15(12-22-24(32)28-25(33)36-22)3-5-19(17)27-14-21(23)31(34)35/h3-6,11-14H,2,7-10H2,1H3,(H,28,32,33)/b22-12-. The van der Waals surface area contributed by atoms with Gasteiger partial charge < -0.3 is 9.80 Å². The van der Waals surface area contributed by atoms with Crippen molar-refractivity contribution >= 4 is 51.3 Å². The highest BCUT2D eigenvalue weighted by atomic mass is 32.2. The topological polar surface area (TPSA) is 109 Å². The molecule has 2 aromatic carbocycles. The van der Waals surface area contributed by atoms with Gasteiger partial charge in [0.2, 0.25) is 0 Å². The monoisotopic (exact) mass is 507 g/mol. The van der Waals surface area contributed by atoms with Crippen molar-refractivity contribution in [2.45, 2.75) is 6.92 Å². The van der Waals surface area contributed by atoms with E-state index < -0.39 is 21.9 Å². The van der Waals surface area contributed by atoms with Crippen molar-refractivity contribution in [1.82, 2.24) is 15.2 Å². The lowest BCUT2D eigenvalue weighted by molar-refractivity contribution is -0.384. The summed E-state index contributed by atoms with van der Waals surface area (Å²) < 4.78 is 15.3. The minimum Gasteiger partial charge on any atom is -0.367 e. The van der Waals surface area contributed by atoms with Gasteiger partial charge in [-0.25, -0.2) is 9.37 Å². The molecule has 2 amide bonds. The van der Waals surface area contributed by atoms with Crippen LogP contribution in [0.5, 0.6) is 0 Å². The van der Waals surface area contributed by atoms with Crippen LogP contribution >= 0.6 is 11.8 Å². The molecule has 2 fully saturated rings. The smallest absolute Gasteiger partial charge is 0.295 e. The molecular formula is C25H22FN5O4S. The summed E-state index contributed by atoms with van der Waals surface area (Å²) in [5.74, 6) is -0.951. The Morgan fingerprint density at radius 2 is 1.94 bits per heavy atom. The number of hydrogen-bond acceptors (Lipinski definition) is 8. The predicted octanol–water partition coefficient (Wildman–Crippen LogP) is 4.41. The lowest BCUT2D eigenvalue weighted by Crippen LogP contribution is -2.46. The third-order valence-electron chi connectivity index (χ3n) is 6.41. The molecular weight excluding hydrogens is 485 g/mol. The van der Waals surface area contributed by atoms with Crippen molar-refractivity contribution in [3.8, 4) is 11.1 Å². The molecule has 184 valence electrons. The number of aromatic nitrogens is 1. The molecule has 3 aromatic rings. The Hall–Kier alpha value is -3.83. The summed E-state index contributed by atoms with van der Waals surface area (Å²) in [7, 11) is 0. The van der Waals surface area contributed by atoms with Crippen LogP contribution in [0.3, 0.4) is 0 Å². The van der Waals surface area contributed by atoms with Gasteiger partial charge in [0.05, 0.1) is 26.6 Å². The number of rotatable bonds is 5. The lowest BCUT2D eigenvalue weighted by Gasteiger charge is -2.35. The second kappa shape index (κ2) is 9.67. The Kier molecular flexibility index (Phi) is 6.42. The molecule has 11 heteroatoms. The van der Waals surface area contributed by atoms with Crippen LogP contribution < -0.4 is 10.2 Å². The van der Waals surface area contributed by atoms with Gasteiger partial charge in [-0.1, -0.05) is 19.1 Å². The van der Waals surface area contributed by atoms with Crippen molar-refractivity contribution in [1.29, 1.82) is 0 Å². The third-order valence-corrected chi connectivity index (χ3v) is 7.22. The van der Waals surface area contributed by atoms with Crippen molar-refractivity contribution in [3.63, 3.8) is 0 Å². The number of likely N-dealkylation sites (N-methyl/N-ethyl adjacent to an activating group) is 1.